The Labute approximate surface area is 191 Å². The van der Waals surface area contributed by atoms with Crippen LogP contribution >= 0.6 is 0 Å². The molecule has 2 aromatic rings. The molecule has 1 N–H and O–H groups in total. The lowest BCUT2D eigenvalue weighted by molar-refractivity contribution is -0.135. The maximum atomic E-state index is 12.7. The number of hydrogen-bond acceptors (Lipinski definition) is 4. The number of carbonyl (C=O) groups excluding carboxylic acids is 2. The molecule has 6 nitrogen and oxygen atoms in total. The summed E-state index contributed by atoms with van der Waals surface area (Å²) in [7, 11) is 0. The lowest BCUT2D eigenvalue weighted by atomic mass is 9.98. The molecule has 2 aromatic carbocycles. The van der Waals surface area contributed by atoms with Gasteiger partial charge in [-0.3, -0.25) is 14.5 Å². The summed E-state index contributed by atoms with van der Waals surface area (Å²) in [5, 5.41) is 3.02. The van der Waals surface area contributed by atoms with E-state index in [1.54, 1.807) is 0 Å². The standard InChI is InChI=1S/C26H35N3O3/c1-4-20(3)22-11-7-9-13-24(22)32-19-26(31)29-16-14-28(15-17-29)18-25(30)27-23-12-8-6-10-21(23)5-2/h6-13,20H,4-5,14-19H2,1-3H3,(H,27,30). The second kappa shape index (κ2) is 11.7. The molecular weight excluding hydrogens is 402 g/mol. The van der Waals surface area contributed by atoms with Crippen LogP contribution in [0.1, 0.15) is 44.2 Å². The van der Waals surface area contributed by atoms with Crippen LogP contribution in [-0.2, 0) is 16.0 Å². The summed E-state index contributed by atoms with van der Waals surface area (Å²) in [6.45, 7) is 9.34. The zero-order valence-corrected chi connectivity index (χ0v) is 19.5. The molecule has 32 heavy (non-hydrogen) atoms. The van der Waals surface area contributed by atoms with Crippen LogP contribution in [0.15, 0.2) is 48.5 Å². The SMILES string of the molecule is CCc1ccccc1NC(=O)CN1CCN(C(=O)COc2ccccc2C(C)CC)CC1. The first kappa shape index (κ1) is 23.8. The van der Waals surface area contributed by atoms with Crippen molar-refractivity contribution in [2.45, 2.75) is 39.5 Å². The minimum absolute atomic E-state index is 0.00932. The van der Waals surface area contributed by atoms with Crippen molar-refractivity contribution in [3.63, 3.8) is 0 Å². The molecule has 0 aromatic heterocycles. The summed E-state index contributed by atoms with van der Waals surface area (Å²) in [6.07, 6.45) is 1.90. The van der Waals surface area contributed by atoms with Gasteiger partial charge in [0.25, 0.3) is 5.91 Å². The molecule has 3 rings (SSSR count). The van der Waals surface area contributed by atoms with E-state index in [2.05, 4.69) is 37.1 Å². The zero-order chi connectivity index (χ0) is 22.9. The maximum absolute atomic E-state index is 12.7. The molecule has 0 spiro atoms. The number of amides is 2. The highest BCUT2D eigenvalue weighted by molar-refractivity contribution is 5.93. The van der Waals surface area contributed by atoms with Crippen LogP contribution < -0.4 is 10.1 Å². The van der Waals surface area contributed by atoms with Gasteiger partial charge in [-0.2, -0.15) is 0 Å². The first-order valence-corrected chi connectivity index (χ1v) is 11.6. The van der Waals surface area contributed by atoms with Crippen LogP contribution in [0.4, 0.5) is 5.69 Å². The average Bonchev–Trinajstić information content (AvgIpc) is 2.83. The number of nitrogens with zero attached hydrogens (tertiary/aromatic N) is 2. The Kier molecular flexibility index (Phi) is 8.68. The normalized spacial score (nSPS) is 15.3. The number of para-hydroxylation sites is 2. The highest BCUT2D eigenvalue weighted by atomic mass is 16.5. The van der Waals surface area contributed by atoms with Crippen LogP contribution in [0.5, 0.6) is 5.75 Å². The third-order valence-corrected chi connectivity index (χ3v) is 6.18. The fourth-order valence-electron chi connectivity index (χ4n) is 3.97. The van der Waals surface area contributed by atoms with Crippen molar-refractivity contribution in [1.29, 1.82) is 0 Å². The third kappa shape index (κ3) is 6.33. The number of anilines is 1. The van der Waals surface area contributed by atoms with Gasteiger partial charge < -0.3 is 15.0 Å². The molecule has 1 saturated heterocycles. The molecule has 1 aliphatic rings. The molecule has 1 unspecified atom stereocenters. The second-order valence-electron chi connectivity index (χ2n) is 8.35. The lowest BCUT2D eigenvalue weighted by Crippen LogP contribution is -2.51. The summed E-state index contributed by atoms with van der Waals surface area (Å²) in [6, 6.07) is 15.8. The molecule has 172 valence electrons. The molecule has 0 radical (unpaired) electrons. The molecular formula is C26H35N3O3. The Balaban J connectivity index is 1.44. The van der Waals surface area contributed by atoms with Crippen molar-refractivity contribution < 1.29 is 14.3 Å². The molecule has 0 saturated carbocycles. The number of nitrogens with one attached hydrogen (secondary N) is 1. The molecule has 0 bridgehead atoms. The van der Waals surface area contributed by atoms with Gasteiger partial charge >= 0.3 is 0 Å². The molecule has 1 aliphatic heterocycles. The molecule has 1 atom stereocenters. The Bertz CT molecular complexity index is 907. The van der Waals surface area contributed by atoms with E-state index >= 15 is 0 Å². The maximum Gasteiger partial charge on any atom is 0.260 e. The molecule has 2 amide bonds. The molecule has 1 fully saturated rings. The van der Waals surface area contributed by atoms with E-state index in [0.717, 1.165) is 35.4 Å². The molecule has 0 aliphatic carbocycles. The smallest absolute Gasteiger partial charge is 0.260 e. The zero-order valence-electron chi connectivity index (χ0n) is 19.5. The molecule has 6 heteroatoms. The monoisotopic (exact) mass is 437 g/mol. The minimum Gasteiger partial charge on any atom is -0.483 e. The van der Waals surface area contributed by atoms with Crippen molar-refractivity contribution in [3.05, 3.63) is 59.7 Å². The van der Waals surface area contributed by atoms with Gasteiger partial charge in [-0.05, 0) is 42.0 Å². The van der Waals surface area contributed by atoms with E-state index in [0.29, 0.717) is 38.6 Å². The summed E-state index contributed by atoms with van der Waals surface area (Å²) in [4.78, 5) is 29.1. The Morgan fingerprint density at radius 3 is 2.41 bits per heavy atom. The van der Waals surface area contributed by atoms with Crippen molar-refractivity contribution in [2.24, 2.45) is 0 Å². The Morgan fingerprint density at radius 2 is 1.69 bits per heavy atom. The Hall–Kier alpha value is -2.86. The van der Waals surface area contributed by atoms with Crippen LogP contribution in [0, 0.1) is 0 Å². The third-order valence-electron chi connectivity index (χ3n) is 6.18. The number of aryl methyl sites for hydroxylation is 1. The van der Waals surface area contributed by atoms with Gasteiger partial charge in [-0.25, -0.2) is 0 Å². The highest BCUT2D eigenvalue weighted by Gasteiger charge is 2.23. The minimum atomic E-state index is -0.0179. The van der Waals surface area contributed by atoms with Gasteiger partial charge in [-0.15, -0.1) is 0 Å². The summed E-state index contributed by atoms with van der Waals surface area (Å²) in [5.41, 5.74) is 3.15. The van der Waals surface area contributed by atoms with Crippen molar-refractivity contribution in [1.82, 2.24) is 9.80 Å². The predicted octanol–water partition coefficient (Wildman–Crippen LogP) is 3.92. The summed E-state index contributed by atoms with van der Waals surface area (Å²) >= 11 is 0. The van der Waals surface area contributed by atoms with Gasteiger partial charge in [0.2, 0.25) is 5.91 Å². The summed E-state index contributed by atoms with van der Waals surface area (Å²) in [5.74, 6) is 1.15. The van der Waals surface area contributed by atoms with Gasteiger partial charge in [0.15, 0.2) is 6.61 Å². The van der Waals surface area contributed by atoms with Crippen LogP contribution in [0.2, 0.25) is 0 Å². The predicted molar refractivity (Wildman–Crippen MR) is 128 cm³/mol. The highest BCUT2D eigenvalue weighted by Crippen LogP contribution is 2.28. The number of hydrogen-bond donors (Lipinski definition) is 1. The van der Waals surface area contributed by atoms with E-state index < -0.39 is 0 Å². The fourth-order valence-corrected chi connectivity index (χ4v) is 3.97. The first-order chi connectivity index (χ1) is 15.5. The van der Waals surface area contributed by atoms with E-state index in [4.69, 9.17) is 4.74 Å². The van der Waals surface area contributed by atoms with Crippen molar-refractivity contribution in [3.8, 4) is 5.75 Å². The number of rotatable bonds is 9. The number of benzene rings is 2. The van der Waals surface area contributed by atoms with E-state index in [1.165, 1.54) is 0 Å². The number of ether oxygens (including phenoxy) is 1. The first-order valence-electron chi connectivity index (χ1n) is 11.6. The van der Waals surface area contributed by atoms with Gasteiger partial charge in [0.1, 0.15) is 5.75 Å². The van der Waals surface area contributed by atoms with E-state index in [1.807, 2.05) is 47.4 Å². The topological polar surface area (TPSA) is 61.9 Å². The lowest BCUT2D eigenvalue weighted by Gasteiger charge is -2.34. The van der Waals surface area contributed by atoms with Crippen LogP contribution in [0.3, 0.4) is 0 Å². The van der Waals surface area contributed by atoms with Crippen LogP contribution in [0.25, 0.3) is 0 Å². The van der Waals surface area contributed by atoms with Gasteiger partial charge in [0, 0.05) is 31.9 Å². The van der Waals surface area contributed by atoms with Crippen molar-refractivity contribution in [2.75, 3.05) is 44.6 Å². The van der Waals surface area contributed by atoms with Gasteiger partial charge in [-0.1, -0.05) is 57.2 Å². The Morgan fingerprint density at radius 1 is 1.00 bits per heavy atom. The quantitative estimate of drug-likeness (QED) is 0.646. The molecule has 1 heterocycles. The van der Waals surface area contributed by atoms with E-state index in [-0.39, 0.29) is 18.4 Å². The number of carbonyl (C=O) groups is 2. The van der Waals surface area contributed by atoms with Crippen LogP contribution in [-0.4, -0.2) is 60.9 Å². The average molecular weight is 438 g/mol. The fraction of sp³-hybridized carbons (Fsp3) is 0.462. The number of piperazine rings is 1. The summed E-state index contributed by atoms with van der Waals surface area (Å²) < 4.78 is 5.89. The van der Waals surface area contributed by atoms with Gasteiger partial charge in [0.05, 0.1) is 6.54 Å². The largest absolute Gasteiger partial charge is 0.483 e. The second-order valence-corrected chi connectivity index (χ2v) is 8.35. The van der Waals surface area contributed by atoms with E-state index in [9.17, 15) is 9.59 Å². The van der Waals surface area contributed by atoms with Crippen molar-refractivity contribution >= 4 is 17.5 Å².